The minimum absolute atomic E-state index is 0.0176. The maximum absolute atomic E-state index is 12.0. The van der Waals surface area contributed by atoms with Crippen LogP contribution in [0.25, 0.3) is 10.8 Å². The first-order chi connectivity index (χ1) is 13.7. The number of nitrogens with one attached hydrogen (secondary N) is 2. The van der Waals surface area contributed by atoms with Gasteiger partial charge in [0.05, 0.1) is 6.61 Å². The van der Waals surface area contributed by atoms with Crippen LogP contribution in [0.4, 0.5) is 5.69 Å². The third-order valence-electron chi connectivity index (χ3n) is 5.11. The predicted molar refractivity (Wildman–Crippen MR) is 111 cm³/mol. The summed E-state index contributed by atoms with van der Waals surface area (Å²) < 4.78 is 5.50. The minimum atomic E-state index is -0.0579. The number of H-pyrrole nitrogens is 1. The third kappa shape index (κ3) is 4.18. The Balaban J connectivity index is 1.40. The van der Waals surface area contributed by atoms with E-state index in [1.165, 1.54) is 5.56 Å². The highest BCUT2D eigenvalue weighted by atomic mass is 16.5. The van der Waals surface area contributed by atoms with Gasteiger partial charge in [0.1, 0.15) is 12.4 Å². The van der Waals surface area contributed by atoms with Crippen LogP contribution in [0.2, 0.25) is 0 Å². The predicted octanol–water partition coefficient (Wildman–Crippen LogP) is 2.59. The van der Waals surface area contributed by atoms with Gasteiger partial charge < -0.3 is 20.1 Å². The second kappa shape index (κ2) is 8.46. The van der Waals surface area contributed by atoms with Gasteiger partial charge in [-0.05, 0) is 42.3 Å². The van der Waals surface area contributed by atoms with E-state index in [4.69, 9.17) is 9.84 Å². The Morgan fingerprint density at radius 2 is 2.07 bits per heavy atom. The van der Waals surface area contributed by atoms with E-state index >= 15 is 0 Å². The van der Waals surface area contributed by atoms with Crippen LogP contribution in [0.3, 0.4) is 0 Å². The Hall–Kier alpha value is -2.83. The van der Waals surface area contributed by atoms with Crippen molar-refractivity contribution in [3.8, 4) is 5.75 Å². The second-order valence-electron chi connectivity index (χ2n) is 7.16. The average molecular weight is 379 g/mol. The van der Waals surface area contributed by atoms with Gasteiger partial charge in [-0.3, -0.25) is 9.69 Å². The Morgan fingerprint density at radius 3 is 2.96 bits per heavy atom. The average Bonchev–Trinajstić information content (AvgIpc) is 3.14. The number of rotatable bonds is 7. The zero-order valence-corrected chi connectivity index (χ0v) is 15.7. The third-order valence-corrected chi connectivity index (χ3v) is 5.11. The number of hydrogen-bond donors (Lipinski definition) is 3. The van der Waals surface area contributed by atoms with Gasteiger partial charge in [0.25, 0.3) is 5.56 Å². The molecule has 1 unspecified atom stereocenters. The van der Waals surface area contributed by atoms with Crippen LogP contribution < -0.4 is 15.6 Å². The second-order valence-corrected chi connectivity index (χ2v) is 7.16. The monoisotopic (exact) mass is 379 g/mol. The number of anilines is 1. The molecule has 3 aromatic rings. The lowest BCUT2D eigenvalue weighted by atomic mass is 10.1. The Labute approximate surface area is 163 Å². The van der Waals surface area contributed by atoms with E-state index in [-0.39, 0.29) is 12.2 Å². The minimum Gasteiger partial charge on any atom is -0.491 e. The first-order valence-corrected chi connectivity index (χ1v) is 9.65. The molecular formula is C22H25N3O3. The number of fused-ring (bicyclic) bond motifs is 1. The molecule has 146 valence electrons. The van der Waals surface area contributed by atoms with Crippen molar-refractivity contribution in [1.29, 1.82) is 0 Å². The Bertz CT molecular complexity index is 1000. The Morgan fingerprint density at radius 1 is 1.18 bits per heavy atom. The van der Waals surface area contributed by atoms with Crippen molar-refractivity contribution >= 4 is 16.5 Å². The largest absolute Gasteiger partial charge is 0.491 e. The van der Waals surface area contributed by atoms with Crippen molar-refractivity contribution in [2.24, 2.45) is 0 Å². The molecular weight excluding hydrogens is 354 g/mol. The number of aliphatic hydroxyl groups is 1. The van der Waals surface area contributed by atoms with Crippen molar-refractivity contribution in [2.45, 2.75) is 19.0 Å². The van der Waals surface area contributed by atoms with E-state index in [2.05, 4.69) is 21.3 Å². The van der Waals surface area contributed by atoms with Gasteiger partial charge in [0.2, 0.25) is 0 Å². The highest BCUT2D eigenvalue weighted by Gasteiger charge is 2.23. The molecule has 1 aliphatic rings. The molecule has 1 atom stereocenters. The van der Waals surface area contributed by atoms with E-state index in [1.54, 1.807) is 6.20 Å². The van der Waals surface area contributed by atoms with E-state index in [0.29, 0.717) is 18.0 Å². The van der Waals surface area contributed by atoms with Gasteiger partial charge >= 0.3 is 0 Å². The standard InChI is InChI=1S/C22H25N3O3/c26-11-12-28-18-4-1-3-16(13-18)14-25-10-8-17(15-25)24-21-6-2-5-20-19(21)7-9-23-22(20)27/h1-7,9,13,17,24,26H,8,10-12,14-15H2,(H,23,27). The number of pyridine rings is 1. The quantitative estimate of drug-likeness (QED) is 0.588. The normalized spacial score (nSPS) is 17.1. The molecule has 4 rings (SSSR count). The molecule has 3 N–H and O–H groups in total. The molecule has 0 aliphatic carbocycles. The topological polar surface area (TPSA) is 77.6 Å². The Kier molecular flexibility index (Phi) is 5.60. The summed E-state index contributed by atoms with van der Waals surface area (Å²) in [5, 5.41) is 14.2. The SMILES string of the molecule is O=c1[nH]ccc2c(NC3CCN(Cc4cccc(OCCO)c4)C3)cccc12. The summed E-state index contributed by atoms with van der Waals surface area (Å²) in [6, 6.07) is 16.1. The summed E-state index contributed by atoms with van der Waals surface area (Å²) in [6.07, 6.45) is 2.75. The number of aromatic amines is 1. The van der Waals surface area contributed by atoms with Crippen LogP contribution in [0.15, 0.2) is 59.5 Å². The van der Waals surface area contributed by atoms with Crippen LogP contribution >= 0.6 is 0 Å². The highest BCUT2D eigenvalue weighted by molar-refractivity contribution is 5.93. The lowest BCUT2D eigenvalue weighted by Gasteiger charge is -2.18. The van der Waals surface area contributed by atoms with Gasteiger partial charge in [-0.1, -0.05) is 18.2 Å². The molecule has 2 aromatic carbocycles. The molecule has 1 saturated heterocycles. The number of ether oxygens (including phenoxy) is 1. The first-order valence-electron chi connectivity index (χ1n) is 9.65. The molecule has 2 heterocycles. The number of hydrogen-bond acceptors (Lipinski definition) is 5. The van der Waals surface area contributed by atoms with E-state index in [0.717, 1.165) is 42.9 Å². The molecule has 1 aromatic heterocycles. The number of benzene rings is 2. The summed E-state index contributed by atoms with van der Waals surface area (Å²) in [7, 11) is 0. The van der Waals surface area contributed by atoms with Gasteiger partial charge in [-0.25, -0.2) is 0 Å². The van der Waals surface area contributed by atoms with Gasteiger partial charge in [-0.2, -0.15) is 0 Å². The maximum atomic E-state index is 12.0. The number of aromatic nitrogens is 1. The van der Waals surface area contributed by atoms with Crippen LogP contribution in [0, 0.1) is 0 Å². The van der Waals surface area contributed by atoms with Crippen molar-refractivity contribution in [3.63, 3.8) is 0 Å². The fraction of sp³-hybridized carbons (Fsp3) is 0.318. The van der Waals surface area contributed by atoms with Crippen molar-refractivity contribution in [2.75, 3.05) is 31.6 Å². The van der Waals surface area contributed by atoms with Crippen LogP contribution in [0.1, 0.15) is 12.0 Å². The van der Waals surface area contributed by atoms with E-state index in [9.17, 15) is 4.79 Å². The smallest absolute Gasteiger partial charge is 0.255 e. The number of nitrogens with zero attached hydrogens (tertiary/aromatic N) is 1. The molecule has 0 bridgehead atoms. The molecule has 28 heavy (non-hydrogen) atoms. The van der Waals surface area contributed by atoms with E-state index in [1.807, 2.05) is 42.5 Å². The zero-order chi connectivity index (χ0) is 19.3. The first kappa shape index (κ1) is 18.5. The van der Waals surface area contributed by atoms with Crippen LogP contribution in [-0.2, 0) is 6.54 Å². The van der Waals surface area contributed by atoms with Crippen LogP contribution in [-0.4, -0.2) is 47.3 Å². The molecule has 1 fully saturated rings. The van der Waals surface area contributed by atoms with E-state index < -0.39 is 0 Å². The van der Waals surface area contributed by atoms with Crippen molar-refractivity contribution in [3.05, 3.63) is 70.6 Å². The molecule has 0 saturated carbocycles. The highest BCUT2D eigenvalue weighted by Crippen LogP contribution is 2.24. The summed E-state index contributed by atoms with van der Waals surface area (Å²) in [5.74, 6) is 0.793. The number of likely N-dealkylation sites (tertiary alicyclic amines) is 1. The van der Waals surface area contributed by atoms with Crippen LogP contribution in [0.5, 0.6) is 5.75 Å². The molecule has 0 amide bonds. The lowest BCUT2D eigenvalue weighted by molar-refractivity contribution is 0.201. The fourth-order valence-electron chi connectivity index (χ4n) is 3.82. The molecule has 1 aliphatic heterocycles. The molecule has 0 radical (unpaired) electrons. The number of aliphatic hydroxyl groups excluding tert-OH is 1. The molecule has 0 spiro atoms. The van der Waals surface area contributed by atoms with Gasteiger partial charge in [0.15, 0.2) is 0 Å². The molecule has 6 heteroatoms. The summed E-state index contributed by atoms with van der Waals surface area (Å²) >= 11 is 0. The summed E-state index contributed by atoms with van der Waals surface area (Å²) in [5.41, 5.74) is 2.15. The maximum Gasteiger partial charge on any atom is 0.255 e. The fourth-order valence-corrected chi connectivity index (χ4v) is 3.82. The summed E-state index contributed by atoms with van der Waals surface area (Å²) in [6.45, 7) is 3.16. The van der Waals surface area contributed by atoms with Gasteiger partial charge in [0, 0.05) is 48.3 Å². The van der Waals surface area contributed by atoms with Crippen molar-refractivity contribution in [1.82, 2.24) is 9.88 Å². The zero-order valence-electron chi connectivity index (χ0n) is 15.7. The lowest BCUT2D eigenvalue weighted by Crippen LogP contribution is -2.26. The van der Waals surface area contributed by atoms with Gasteiger partial charge in [-0.15, -0.1) is 0 Å². The molecule has 6 nitrogen and oxygen atoms in total. The summed E-state index contributed by atoms with van der Waals surface area (Å²) in [4.78, 5) is 17.1. The van der Waals surface area contributed by atoms with Crippen molar-refractivity contribution < 1.29 is 9.84 Å².